The van der Waals surface area contributed by atoms with Crippen molar-refractivity contribution in [2.24, 2.45) is 22.2 Å². The van der Waals surface area contributed by atoms with E-state index in [1.54, 1.807) is 0 Å². The molecular weight excluding hydrogens is 796 g/mol. The van der Waals surface area contributed by atoms with Crippen molar-refractivity contribution in [1.82, 2.24) is 31.1 Å². The van der Waals surface area contributed by atoms with E-state index in [2.05, 4.69) is 42.2 Å². The molecule has 0 aromatic heterocycles. The molecule has 3 aromatic rings. The summed E-state index contributed by atoms with van der Waals surface area (Å²) in [5.74, 6) is -2.92. The summed E-state index contributed by atoms with van der Waals surface area (Å²) in [5, 5.41) is 13.2. The fraction of sp³-hybridized carbons (Fsp3) is 0.425. The third-order valence-corrected chi connectivity index (χ3v) is 10.9. The van der Waals surface area contributed by atoms with Crippen LogP contribution in [0.2, 0.25) is 0 Å². The topological polar surface area (TPSA) is 247 Å². The standard InChI is InChI=1S/C40H51BrN10O6/c1-50-32(10-5-19-46-40(44)57)35(53)49-31(23-25-12-15-26-7-2-3-8-27(26)21-25)38(56)51-20-6-11-33(51)36(54)48-30(22-24-13-16-28(41)17-14-24)34(52)47-29(37(50)55)9-4-18-45-39(42)43/h2-3,7-8,12-17,21,29-33H,4-6,9-11,18-20,22-23H2,1H3,(H,47,52)(H,48,54)(H,49,53)(H4,42,43,45)(H3,44,46,57)/t29-,30+,31-,32-,33-/m0/s1. The zero-order valence-electron chi connectivity index (χ0n) is 31.9. The minimum atomic E-state index is -1.15. The Kier molecular flexibility index (Phi) is 14.8. The van der Waals surface area contributed by atoms with Gasteiger partial charge in [-0.2, -0.15) is 0 Å². The zero-order valence-corrected chi connectivity index (χ0v) is 33.5. The van der Waals surface area contributed by atoms with Crippen LogP contribution in [-0.4, -0.2) is 108 Å². The maximum Gasteiger partial charge on any atom is 0.312 e. The number of likely N-dealkylation sites (N-methyl/N-ethyl adjacent to an activating group) is 1. The van der Waals surface area contributed by atoms with Crippen LogP contribution in [0, 0.1) is 0 Å². The van der Waals surface area contributed by atoms with Crippen LogP contribution >= 0.6 is 15.9 Å². The molecule has 5 rings (SSSR count). The molecule has 7 amide bonds. The number of halogens is 1. The van der Waals surface area contributed by atoms with Gasteiger partial charge in [0, 0.05) is 44.0 Å². The lowest BCUT2D eigenvalue weighted by molar-refractivity contribution is -0.144. The number of carbonyl (C=O) groups excluding carboxylic acids is 6. The lowest BCUT2D eigenvalue weighted by Gasteiger charge is -2.33. The molecule has 0 spiro atoms. The van der Waals surface area contributed by atoms with Crippen LogP contribution in [0.1, 0.15) is 49.7 Å². The van der Waals surface area contributed by atoms with E-state index in [-0.39, 0.29) is 57.7 Å². The number of carbonyl (C=O) groups is 6. The Balaban J connectivity index is 1.55. The third-order valence-electron chi connectivity index (χ3n) is 10.3. The summed E-state index contributed by atoms with van der Waals surface area (Å²) in [6, 6.07) is 14.7. The van der Waals surface area contributed by atoms with E-state index in [1.165, 1.54) is 16.8 Å². The molecule has 2 saturated heterocycles. The predicted molar refractivity (Wildman–Crippen MR) is 219 cm³/mol. The number of fused-ring (bicyclic) bond motifs is 2. The Morgan fingerprint density at radius 3 is 2.18 bits per heavy atom. The van der Waals surface area contributed by atoms with Gasteiger partial charge < -0.3 is 48.3 Å². The summed E-state index contributed by atoms with van der Waals surface area (Å²) in [6.07, 6.45) is 1.82. The highest BCUT2D eigenvalue weighted by Crippen LogP contribution is 2.23. The van der Waals surface area contributed by atoms with Crippen LogP contribution in [0.5, 0.6) is 0 Å². The summed E-state index contributed by atoms with van der Waals surface area (Å²) >= 11 is 3.43. The highest BCUT2D eigenvalue weighted by molar-refractivity contribution is 9.10. The Hall–Kier alpha value is -5.71. The first kappa shape index (κ1) is 42.4. The molecule has 0 radical (unpaired) electrons. The second-order valence-electron chi connectivity index (χ2n) is 14.4. The molecule has 17 heteroatoms. The Labute approximate surface area is 339 Å². The van der Waals surface area contributed by atoms with Gasteiger partial charge in [-0.1, -0.05) is 70.5 Å². The Bertz CT molecular complexity index is 1970. The van der Waals surface area contributed by atoms with Gasteiger partial charge in [-0.3, -0.25) is 29.0 Å². The number of aliphatic imine (C=N–C) groups is 1. The van der Waals surface area contributed by atoms with Gasteiger partial charge in [0.1, 0.15) is 30.2 Å². The van der Waals surface area contributed by atoms with E-state index in [1.807, 2.05) is 66.7 Å². The summed E-state index contributed by atoms with van der Waals surface area (Å²) in [7, 11) is 1.46. The van der Waals surface area contributed by atoms with Crippen LogP contribution in [-0.2, 0) is 36.8 Å². The molecule has 0 bridgehead atoms. The first-order valence-corrected chi connectivity index (χ1v) is 19.9. The van der Waals surface area contributed by atoms with Crippen molar-refractivity contribution >= 4 is 68.2 Å². The highest BCUT2D eigenvalue weighted by atomic mass is 79.9. The van der Waals surface area contributed by atoms with Crippen LogP contribution in [0.25, 0.3) is 10.8 Å². The fourth-order valence-corrected chi connectivity index (χ4v) is 7.61. The first-order chi connectivity index (χ1) is 27.3. The number of guanidine groups is 1. The number of rotatable bonds is 12. The van der Waals surface area contributed by atoms with E-state index in [0.717, 1.165) is 26.4 Å². The van der Waals surface area contributed by atoms with Gasteiger partial charge in [-0.15, -0.1) is 0 Å². The van der Waals surface area contributed by atoms with Crippen LogP contribution in [0.3, 0.4) is 0 Å². The quantitative estimate of drug-likeness (QED) is 0.0791. The number of amides is 7. The second kappa shape index (κ2) is 19.9. The van der Waals surface area contributed by atoms with E-state index in [9.17, 15) is 28.8 Å². The summed E-state index contributed by atoms with van der Waals surface area (Å²) < 4.78 is 0.831. The monoisotopic (exact) mass is 846 g/mol. The summed E-state index contributed by atoms with van der Waals surface area (Å²) in [5.41, 5.74) is 17.9. The van der Waals surface area contributed by atoms with E-state index in [0.29, 0.717) is 19.3 Å². The number of hydrogen-bond acceptors (Lipinski definition) is 7. The number of nitrogens with one attached hydrogen (secondary N) is 4. The van der Waals surface area contributed by atoms with Crippen LogP contribution < -0.4 is 38.5 Å². The number of urea groups is 1. The molecule has 57 heavy (non-hydrogen) atoms. The molecule has 0 saturated carbocycles. The molecule has 304 valence electrons. The molecule has 10 N–H and O–H groups in total. The van der Waals surface area contributed by atoms with Crippen LogP contribution in [0.4, 0.5) is 4.79 Å². The van der Waals surface area contributed by atoms with Crippen molar-refractivity contribution in [1.29, 1.82) is 0 Å². The van der Waals surface area contributed by atoms with Crippen molar-refractivity contribution in [2.75, 3.05) is 26.7 Å². The lowest BCUT2D eigenvalue weighted by atomic mass is 9.99. The van der Waals surface area contributed by atoms with Gasteiger partial charge in [-0.25, -0.2) is 4.79 Å². The van der Waals surface area contributed by atoms with Crippen molar-refractivity contribution in [3.8, 4) is 0 Å². The number of primary amides is 1. The minimum absolute atomic E-state index is 0.0818. The smallest absolute Gasteiger partial charge is 0.312 e. The maximum absolute atomic E-state index is 14.6. The van der Waals surface area contributed by atoms with Gasteiger partial charge in [0.15, 0.2) is 5.96 Å². The fourth-order valence-electron chi connectivity index (χ4n) is 7.35. The second-order valence-corrected chi connectivity index (χ2v) is 15.4. The van der Waals surface area contributed by atoms with Gasteiger partial charge >= 0.3 is 6.03 Å². The van der Waals surface area contributed by atoms with E-state index >= 15 is 0 Å². The van der Waals surface area contributed by atoms with Crippen molar-refractivity contribution in [3.63, 3.8) is 0 Å². The SMILES string of the molecule is CN1C(=O)[C@H](CCCN=C(N)N)NC(=O)[C@@H](Cc2ccc(Br)cc2)NC(=O)[C@@H]2CCCN2C(=O)[C@H](Cc2ccc3ccccc3c2)NC(=O)[C@@H]1CCCNC(N)=O. The van der Waals surface area contributed by atoms with E-state index in [4.69, 9.17) is 17.2 Å². The van der Waals surface area contributed by atoms with Crippen molar-refractivity contribution in [3.05, 3.63) is 82.3 Å². The largest absolute Gasteiger partial charge is 0.370 e. The van der Waals surface area contributed by atoms with Crippen molar-refractivity contribution < 1.29 is 28.8 Å². The number of benzene rings is 3. The molecule has 2 fully saturated rings. The Morgan fingerprint density at radius 1 is 0.789 bits per heavy atom. The minimum Gasteiger partial charge on any atom is -0.370 e. The van der Waals surface area contributed by atoms with Gasteiger partial charge in [0.25, 0.3) is 0 Å². The molecule has 2 heterocycles. The molecule has 2 aliphatic rings. The zero-order chi connectivity index (χ0) is 41.1. The average Bonchev–Trinajstić information content (AvgIpc) is 3.68. The Morgan fingerprint density at radius 2 is 1.46 bits per heavy atom. The molecule has 3 aromatic carbocycles. The third kappa shape index (κ3) is 11.7. The summed E-state index contributed by atoms with van der Waals surface area (Å²) in [6.45, 7) is 0.562. The highest BCUT2D eigenvalue weighted by Gasteiger charge is 2.41. The van der Waals surface area contributed by atoms with Gasteiger partial charge in [0.05, 0.1) is 0 Å². The number of nitrogens with zero attached hydrogens (tertiary/aromatic N) is 3. The van der Waals surface area contributed by atoms with E-state index < -0.39 is 65.8 Å². The van der Waals surface area contributed by atoms with Gasteiger partial charge in [0.2, 0.25) is 29.5 Å². The molecular formula is C40H51BrN10O6. The first-order valence-electron chi connectivity index (χ1n) is 19.1. The average molecular weight is 848 g/mol. The maximum atomic E-state index is 14.6. The molecule has 0 unspecified atom stereocenters. The predicted octanol–water partition coefficient (Wildman–Crippen LogP) is 1.18. The molecule has 16 nitrogen and oxygen atoms in total. The lowest BCUT2D eigenvalue weighted by Crippen LogP contribution is -2.58. The van der Waals surface area contributed by atoms with Gasteiger partial charge in [-0.05, 0) is 72.6 Å². The molecule has 2 aliphatic heterocycles. The number of nitrogens with two attached hydrogens (primary N) is 3. The number of hydrogen-bond donors (Lipinski definition) is 7. The van der Waals surface area contributed by atoms with Crippen LogP contribution in [0.15, 0.2) is 76.2 Å². The summed E-state index contributed by atoms with van der Waals surface area (Å²) in [4.78, 5) is 90.0. The normalized spacial score (nSPS) is 22.1. The van der Waals surface area contributed by atoms with Crippen molar-refractivity contribution in [2.45, 2.75) is 81.6 Å². The molecule has 5 atom stereocenters. The molecule has 0 aliphatic carbocycles.